The molecule has 0 unspecified atom stereocenters. The van der Waals surface area contributed by atoms with Crippen molar-refractivity contribution in [2.24, 2.45) is 0 Å². The molecule has 0 fully saturated rings. The van der Waals surface area contributed by atoms with E-state index in [2.05, 4.69) is 11.8 Å². The van der Waals surface area contributed by atoms with E-state index in [1.807, 2.05) is 0 Å². The molecule has 7 heteroatoms. The van der Waals surface area contributed by atoms with E-state index in [-0.39, 0.29) is 5.69 Å². The Bertz CT molecular complexity index is 698. The van der Waals surface area contributed by atoms with Gasteiger partial charge in [-0.25, -0.2) is 0 Å². The van der Waals surface area contributed by atoms with Gasteiger partial charge in [0.2, 0.25) is 0 Å². The van der Waals surface area contributed by atoms with Crippen LogP contribution in [0.15, 0.2) is 36.4 Å². The van der Waals surface area contributed by atoms with E-state index in [4.69, 9.17) is 5.73 Å². The van der Waals surface area contributed by atoms with Crippen LogP contribution in [0.25, 0.3) is 0 Å². The Hall–Kier alpha value is -2.31. The van der Waals surface area contributed by atoms with Crippen molar-refractivity contribution in [2.45, 2.75) is 12.5 Å². The molecule has 114 valence electrons. The molecule has 0 spiro atoms. The molecule has 0 saturated carbocycles. The number of hydrogen-bond acceptors (Lipinski definition) is 2. The molecule has 0 aliphatic carbocycles. The summed E-state index contributed by atoms with van der Waals surface area (Å²) in [4.78, 5) is 0. The average molecular weight is 308 g/mol. The van der Waals surface area contributed by atoms with Crippen LogP contribution in [0.4, 0.5) is 34.6 Å². The van der Waals surface area contributed by atoms with Crippen LogP contribution in [-0.4, -0.2) is 13.4 Å². The van der Waals surface area contributed by atoms with Crippen LogP contribution >= 0.6 is 0 Å². The fraction of sp³-hybridized carbons (Fsp3) is 0.133. The Balaban J connectivity index is 2.33. The van der Waals surface area contributed by atoms with Crippen molar-refractivity contribution in [2.75, 3.05) is 11.1 Å². The topological polar surface area (TPSA) is 38.0 Å². The predicted octanol–water partition coefficient (Wildman–Crippen LogP) is 3.81. The third-order valence-corrected chi connectivity index (χ3v) is 3.06. The normalized spacial score (nSPS) is 11.1. The summed E-state index contributed by atoms with van der Waals surface area (Å²) in [5, 5.41) is 2.79. The standard InChI is InChI=1S/C15H13BF4N2/c1-16-8-9-6-11(21)3-5-13(9)22-14-4-2-10(7-12(14)17)15(18,19)20/h2-7,22H,1,8,21H2. The molecule has 22 heavy (non-hydrogen) atoms. The first-order chi connectivity index (χ1) is 10.3. The molecule has 0 aromatic heterocycles. The SMILES string of the molecule is C=BCc1cc(N)ccc1Nc1ccc(C(F)(F)F)cc1F. The van der Waals surface area contributed by atoms with Crippen LogP contribution in [0.2, 0.25) is 0 Å². The Labute approximate surface area is 125 Å². The van der Waals surface area contributed by atoms with E-state index < -0.39 is 17.6 Å². The maximum absolute atomic E-state index is 13.9. The van der Waals surface area contributed by atoms with Gasteiger partial charge in [-0.2, -0.15) is 0 Å². The molecule has 0 amide bonds. The van der Waals surface area contributed by atoms with Crippen molar-refractivity contribution in [1.29, 1.82) is 0 Å². The Morgan fingerprint density at radius 1 is 1.09 bits per heavy atom. The van der Waals surface area contributed by atoms with Gasteiger partial charge in [-0.15, -0.1) is 0 Å². The number of benzene rings is 2. The van der Waals surface area contributed by atoms with E-state index in [1.165, 1.54) is 0 Å². The number of halogens is 4. The van der Waals surface area contributed by atoms with Gasteiger partial charge in [0.1, 0.15) is 0 Å². The number of nitrogens with one attached hydrogen (secondary N) is 1. The van der Waals surface area contributed by atoms with E-state index in [1.54, 1.807) is 25.1 Å². The van der Waals surface area contributed by atoms with Gasteiger partial charge in [-0.1, -0.05) is 0 Å². The van der Waals surface area contributed by atoms with Crippen LogP contribution in [0.3, 0.4) is 0 Å². The third-order valence-electron chi connectivity index (χ3n) is 3.06. The molecule has 0 heterocycles. The van der Waals surface area contributed by atoms with Crippen molar-refractivity contribution < 1.29 is 17.6 Å². The van der Waals surface area contributed by atoms with Crippen LogP contribution in [-0.2, 0) is 12.5 Å². The molecule has 0 radical (unpaired) electrons. The van der Waals surface area contributed by atoms with Crippen molar-refractivity contribution in [3.63, 3.8) is 0 Å². The molecule has 2 rings (SSSR count). The van der Waals surface area contributed by atoms with Gasteiger partial charge >= 0.3 is 125 Å². The number of alkyl halides is 3. The van der Waals surface area contributed by atoms with Gasteiger partial charge in [0.15, 0.2) is 0 Å². The monoisotopic (exact) mass is 308 g/mol. The maximum atomic E-state index is 13.9. The number of nitrogens with two attached hydrogens (primary N) is 1. The number of hydrogen-bond donors (Lipinski definition) is 2. The van der Waals surface area contributed by atoms with E-state index in [0.717, 1.165) is 17.7 Å². The van der Waals surface area contributed by atoms with Crippen LogP contribution in [0.5, 0.6) is 0 Å². The van der Waals surface area contributed by atoms with Crippen molar-refractivity contribution in [1.82, 2.24) is 0 Å². The average Bonchev–Trinajstić information content (AvgIpc) is 2.43. The van der Waals surface area contributed by atoms with Crippen molar-refractivity contribution >= 4 is 30.5 Å². The summed E-state index contributed by atoms with van der Waals surface area (Å²) in [5.41, 5.74) is 6.49. The molecule has 0 bridgehead atoms. The summed E-state index contributed by atoms with van der Waals surface area (Å²) in [6.07, 6.45) is -4.08. The zero-order chi connectivity index (χ0) is 16.3. The first-order valence-electron chi connectivity index (χ1n) is 6.44. The second kappa shape index (κ2) is 6.21. The van der Waals surface area contributed by atoms with Crippen LogP contribution < -0.4 is 11.1 Å². The summed E-state index contributed by atoms with van der Waals surface area (Å²) in [6, 6.07) is 7.32. The van der Waals surface area contributed by atoms with Gasteiger partial charge in [0.25, 0.3) is 0 Å². The second-order valence-corrected chi connectivity index (χ2v) is 4.73. The zero-order valence-corrected chi connectivity index (χ0v) is 11.5. The molecule has 0 aliphatic rings. The zero-order valence-electron chi connectivity index (χ0n) is 11.5. The van der Waals surface area contributed by atoms with Crippen LogP contribution in [0.1, 0.15) is 11.1 Å². The van der Waals surface area contributed by atoms with Crippen molar-refractivity contribution in [3.05, 3.63) is 53.3 Å². The van der Waals surface area contributed by atoms with E-state index >= 15 is 0 Å². The third kappa shape index (κ3) is 3.66. The summed E-state index contributed by atoms with van der Waals surface area (Å²) in [7, 11) is 0. The van der Waals surface area contributed by atoms with Gasteiger partial charge in [-0.05, 0) is 0 Å². The Morgan fingerprint density at radius 2 is 1.77 bits per heavy atom. The number of rotatable bonds is 4. The quantitative estimate of drug-likeness (QED) is 0.512. The van der Waals surface area contributed by atoms with Gasteiger partial charge in [0.05, 0.1) is 0 Å². The summed E-state index contributed by atoms with van der Waals surface area (Å²) in [6.45, 7) is 5.28. The fourth-order valence-corrected chi connectivity index (χ4v) is 2.00. The first kappa shape index (κ1) is 16.1. The van der Waals surface area contributed by atoms with Crippen LogP contribution in [0, 0.1) is 5.82 Å². The molecular formula is C15H13BF4N2. The first-order valence-corrected chi connectivity index (χ1v) is 6.44. The summed E-state index contributed by atoms with van der Waals surface area (Å²) in [5.74, 6) is -0.976. The summed E-state index contributed by atoms with van der Waals surface area (Å²) >= 11 is 0. The van der Waals surface area contributed by atoms with Gasteiger partial charge < -0.3 is 0 Å². The Kier molecular flexibility index (Phi) is 4.54. The Morgan fingerprint density at radius 3 is 2.36 bits per heavy atom. The molecule has 0 saturated heterocycles. The summed E-state index contributed by atoms with van der Waals surface area (Å²) < 4.78 is 51.4. The molecule has 0 aliphatic heterocycles. The molecule has 2 aromatic carbocycles. The number of anilines is 3. The predicted molar refractivity (Wildman–Crippen MR) is 82.1 cm³/mol. The molecule has 3 N–H and O–H groups in total. The fourth-order valence-electron chi connectivity index (χ4n) is 2.00. The van der Waals surface area contributed by atoms with E-state index in [0.29, 0.717) is 23.8 Å². The molecule has 2 nitrogen and oxygen atoms in total. The molecule has 0 atom stereocenters. The minimum atomic E-state index is -4.57. The van der Waals surface area contributed by atoms with E-state index in [9.17, 15) is 17.6 Å². The second-order valence-electron chi connectivity index (χ2n) is 4.73. The van der Waals surface area contributed by atoms with Crippen molar-refractivity contribution in [3.8, 4) is 0 Å². The number of nitrogen functional groups attached to an aromatic ring is 1. The molecule has 2 aromatic rings. The molecular weight excluding hydrogens is 295 g/mol. The minimum absolute atomic E-state index is 0.0388. The van der Waals surface area contributed by atoms with Gasteiger partial charge in [-0.3, -0.25) is 0 Å². The van der Waals surface area contributed by atoms with Gasteiger partial charge in [0, 0.05) is 0 Å².